The van der Waals surface area contributed by atoms with E-state index in [4.69, 9.17) is 23.2 Å². The van der Waals surface area contributed by atoms with Crippen molar-refractivity contribution in [3.05, 3.63) is 40.0 Å². The summed E-state index contributed by atoms with van der Waals surface area (Å²) in [5.41, 5.74) is -0.375. The zero-order valence-electron chi connectivity index (χ0n) is 15.2. The van der Waals surface area contributed by atoms with Gasteiger partial charge in [0.05, 0.1) is 10.0 Å². The molecule has 1 fully saturated rings. The Hall–Kier alpha value is -1.77. The van der Waals surface area contributed by atoms with E-state index < -0.39 is 11.7 Å². The maximum atomic E-state index is 13.3. The average Bonchev–Trinajstić information content (AvgIpc) is 3.02. The number of alkyl halides is 3. The highest BCUT2D eigenvalue weighted by Gasteiger charge is 2.35. The van der Waals surface area contributed by atoms with Gasteiger partial charge in [0.15, 0.2) is 0 Å². The van der Waals surface area contributed by atoms with E-state index in [0.29, 0.717) is 28.3 Å². The molecular formula is C18H20Cl2F3N5. The lowest BCUT2D eigenvalue weighted by Crippen LogP contribution is -2.27. The van der Waals surface area contributed by atoms with Crippen molar-refractivity contribution in [3.63, 3.8) is 0 Å². The van der Waals surface area contributed by atoms with Crippen LogP contribution in [0.2, 0.25) is 10.0 Å². The Morgan fingerprint density at radius 2 is 2.04 bits per heavy atom. The van der Waals surface area contributed by atoms with Gasteiger partial charge in [-0.2, -0.15) is 18.2 Å². The molecule has 0 aliphatic carbocycles. The third kappa shape index (κ3) is 5.18. The number of nitrogens with zero attached hydrogens (tertiary/aromatic N) is 3. The minimum absolute atomic E-state index is 0.0341. The van der Waals surface area contributed by atoms with Gasteiger partial charge < -0.3 is 15.5 Å². The molecule has 1 aromatic carbocycles. The summed E-state index contributed by atoms with van der Waals surface area (Å²) in [6.45, 7) is 1.41. The van der Waals surface area contributed by atoms with Crippen molar-refractivity contribution in [2.24, 2.45) is 0 Å². The number of likely N-dealkylation sites (tertiary alicyclic amines) is 1. The molecule has 1 aromatic heterocycles. The Labute approximate surface area is 171 Å². The average molecular weight is 434 g/mol. The largest absolute Gasteiger partial charge is 0.421 e. The van der Waals surface area contributed by atoms with E-state index in [2.05, 4.69) is 25.5 Å². The first-order valence-electron chi connectivity index (χ1n) is 8.84. The molecule has 10 heteroatoms. The standard InChI is InChI=1S/C18H20Cl2F3N5/c1-28-8-2-3-12(28)6-7-24-16-13(18(21,22)23)10-25-17(27-16)26-11-4-5-14(19)15(20)9-11/h4-5,9-10,12H,2-3,6-8H2,1H3,(H2,24,25,26,27). The molecule has 1 aliphatic rings. The fraction of sp³-hybridized carbons (Fsp3) is 0.444. The van der Waals surface area contributed by atoms with Crippen molar-refractivity contribution in [2.45, 2.75) is 31.5 Å². The number of rotatable bonds is 6. The molecule has 0 spiro atoms. The molecular weight excluding hydrogens is 414 g/mol. The van der Waals surface area contributed by atoms with Crippen molar-refractivity contribution >= 4 is 40.7 Å². The van der Waals surface area contributed by atoms with Crippen LogP contribution in [0.4, 0.5) is 30.6 Å². The van der Waals surface area contributed by atoms with Crippen LogP contribution >= 0.6 is 23.2 Å². The van der Waals surface area contributed by atoms with Gasteiger partial charge in [-0.15, -0.1) is 0 Å². The summed E-state index contributed by atoms with van der Waals surface area (Å²) in [5.74, 6) is -0.211. The molecule has 0 bridgehead atoms. The van der Waals surface area contributed by atoms with Gasteiger partial charge in [0, 0.05) is 24.5 Å². The molecule has 0 amide bonds. The lowest BCUT2D eigenvalue weighted by molar-refractivity contribution is -0.137. The van der Waals surface area contributed by atoms with Gasteiger partial charge in [0.2, 0.25) is 5.95 Å². The lowest BCUT2D eigenvalue weighted by Gasteiger charge is -2.20. The molecule has 0 radical (unpaired) electrons. The summed E-state index contributed by atoms with van der Waals surface area (Å²) in [4.78, 5) is 10.0. The SMILES string of the molecule is CN1CCCC1CCNc1nc(Nc2ccc(Cl)c(Cl)c2)ncc1C(F)(F)F. The van der Waals surface area contributed by atoms with Crippen LogP contribution in [0.3, 0.4) is 0 Å². The van der Waals surface area contributed by atoms with Crippen molar-refractivity contribution in [2.75, 3.05) is 30.8 Å². The molecule has 1 unspecified atom stereocenters. The minimum Gasteiger partial charge on any atom is -0.369 e. The van der Waals surface area contributed by atoms with E-state index in [1.807, 2.05) is 7.05 Å². The zero-order valence-corrected chi connectivity index (χ0v) is 16.7. The molecule has 28 heavy (non-hydrogen) atoms. The number of aromatic nitrogens is 2. The molecule has 0 saturated carbocycles. The topological polar surface area (TPSA) is 53.1 Å². The van der Waals surface area contributed by atoms with Crippen LogP contribution in [0.15, 0.2) is 24.4 Å². The van der Waals surface area contributed by atoms with Gasteiger partial charge in [-0.25, -0.2) is 4.98 Å². The molecule has 2 heterocycles. The van der Waals surface area contributed by atoms with Gasteiger partial charge in [-0.05, 0) is 51.1 Å². The van der Waals surface area contributed by atoms with E-state index in [1.165, 1.54) is 0 Å². The van der Waals surface area contributed by atoms with Gasteiger partial charge in [-0.3, -0.25) is 0 Å². The smallest absolute Gasteiger partial charge is 0.369 e. The van der Waals surface area contributed by atoms with Crippen molar-refractivity contribution in [3.8, 4) is 0 Å². The number of hydrogen-bond donors (Lipinski definition) is 2. The fourth-order valence-electron chi connectivity index (χ4n) is 3.19. The van der Waals surface area contributed by atoms with E-state index in [0.717, 1.165) is 32.0 Å². The highest BCUT2D eigenvalue weighted by Crippen LogP contribution is 2.34. The zero-order chi connectivity index (χ0) is 20.3. The summed E-state index contributed by atoms with van der Waals surface area (Å²) < 4.78 is 39.9. The molecule has 1 atom stereocenters. The second-order valence-corrected chi connectivity index (χ2v) is 7.51. The monoisotopic (exact) mass is 433 g/mol. The summed E-state index contributed by atoms with van der Waals surface area (Å²) in [6.07, 6.45) is -0.864. The van der Waals surface area contributed by atoms with Gasteiger partial charge in [-0.1, -0.05) is 23.2 Å². The van der Waals surface area contributed by atoms with E-state index in [9.17, 15) is 13.2 Å². The number of hydrogen-bond acceptors (Lipinski definition) is 5. The highest BCUT2D eigenvalue weighted by atomic mass is 35.5. The van der Waals surface area contributed by atoms with E-state index in [1.54, 1.807) is 18.2 Å². The van der Waals surface area contributed by atoms with Crippen LogP contribution in [0.1, 0.15) is 24.8 Å². The van der Waals surface area contributed by atoms with Crippen LogP contribution in [0.5, 0.6) is 0 Å². The van der Waals surface area contributed by atoms with Crippen LogP contribution in [0.25, 0.3) is 0 Å². The molecule has 3 rings (SSSR count). The van der Waals surface area contributed by atoms with Gasteiger partial charge in [0.1, 0.15) is 11.4 Å². The predicted molar refractivity (Wildman–Crippen MR) is 106 cm³/mol. The fourth-order valence-corrected chi connectivity index (χ4v) is 3.49. The van der Waals surface area contributed by atoms with Crippen LogP contribution in [0, 0.1) is 0 Å². The van der Waals surface area contributed by atoms with Crippen LogP contribution < -0.4 is 10.6 Å². The Kier molecular flexibility index (Phi) is 6.52. The van der Waals surface area contributed by atoms with Gasteiger partial charge in [0.25, 0.3) is 0 Å². The number of halogens is 5. The molecule has 1 aliphatic heterocycles. The first-order valence-corrected chi connectivity index (χ1v) is 9.60. The van der Waals surface area contributed by atoms with Crippen molar-refractivity contribution < 1.29 is 13.2 Å². The molecule has 1 saturated heterocycles. The second kappa shape index (κ2) is 8.71. The Bertz CT molecular complexity index is 831. The third-order valence-corrected chi connectivity index (χ3v) is 5.45. The van der Waals surface area contributed by atoms with Crippen molar-refractivity contribution in [1.82, 2.24) is 14.9 Å². The first kappa shape index (κ1) is 21.0. The first-order chi connectivity index (χ1) is 13.2. The lowest BCUT2D eigenvalue weighted by atomic mass is 10.1. The van der Waals surface area contributed by atoms with Gasteiger partial charge >= 0.3 is 6.18 Å². The third-order valence-electron chi connectivity index (χ3n) is 4.71. The Morgan fingerprint density at radius 3 is 2.68 bits per heavy atom. The predicted octanol–water partition coefficient (Wildman–Crippen LogP) is 5.44. The summed E-state index contributed by atoms with van der Waals surface area (Å²) >= 11 is 11.8. The molecule has 5 nitrogen and oxygen atoms in total. The Morgan fingerprint density at radius 1 is 1.25 bits per heavy atom. The normalized spacial score (nSPS) is 17.7. The number of anilines is 3. The summed E-state index contributed by atoms with van der Waals surface area (Å²) in [5, 5.41) is 6.37. The maximum absolute atomic E-state index is 13.3. The highest BCUT2D eigenvalue weighted by molar-refractivity contribution is 6.42. The number of nitrogens with one attached hydrogen (secondary N) is 2. The van der Waals surface area contributed by atoms with E-state index >= 15 is 0 Å². The van der Waals surface area contributed by atoms with Crippen LogP contribution in [-0.2, 0) is 6.18 Å². The molecule has 2 aromatic rings. The second-order valence-electron chi connectivity index (χ2n) is 6.70. The summed E-state index contributed by atoms with van der Waals surface area (Å²) in [7, 11) is 2.03. The van der Waals surface area contributed by atoms with Crippen LogP contribution in [-0.4, -0.2) is 41.0 Å². The quantitative estimate of drug-likeness (QED) is 0.634. The molecule has 152 valence electrons. The maximum Gasteiger partial charge on any atom is 0.421 e. The molecule has 2 N–H and O–H groups in total. The minimum atomic E-state index is -4.55. The number of benzene rings is 1. The van der Waals surface area contributed by atoms with E-state index in [-0.39, 0.29) is 11.8 Å². The summed E-state index contributed by atoms with van der Waals surface area (Å²) in [6, 6.07) is 5.14. The Balaban J connectivity index is 1.75. The van der Waals surface area contributed by atoms with Crippen molar-refractivity contribution in [1.29, 1.82) is 0 Å².